The van der Waals surface area contributed by atoms with E-state index in [1.54, 1.807) is 0 Å². The van der Waals surface area contributed by atoms with E-state index in [0.717, 1.165) is 33.9 Å². The van der Waals surface area contributed by atoms with Gasteiger partial charge < -0.3 is 10.2 Å². The number of rotatable bonds is 3. The van der Waals surface area contributed by atoms with Crippen LogP contribution in [-0.4, -0.2) is 6.71 Å². The van der Waals surface area contributed by atoms with Gasteiger partial charge in [-0.3, -0.25) is 0 Å². The lowest BCUT2D eigenvalue weighted by Crippen LogP contribution is -2.60. The van der Waals surface area contributed by atoms with Crippen molar-refractivity contribution in [2.75, 3.05) is 10.2 Å². The average molecular weight is 528 g/mol. The zero-order valence-corrected chi connectivity index (χ0v) is 22.6. The van der Waals surface area contributed by atoms with E-state index in [1.165, 1.54) is 50.9 Å². The predicted molar refractivity (Wildman–Crippen MR) is 171 cm³/mol. The second-order valence-corrected chi connectivity index (χ2v) is 10.8. The highest BCUT2D eigenvalue weighted by molar-refractivity contribution is 7.00. The Kier molecular flexibility index (Phi) is 5.36. The van der Waals surface area contributed by atoms with Gasteiger partial charge in [0.1, 0.15) is 5.82 Å². The standard InChI is InChI=1S/C37H26BFN2/c1-24-10-5-6-13-29(24)30-14-9-16-32-37(30)40-33-22-26(25-18-20-27(39)21-19-25)23-35-36(33)38(32)31-15-7-8-17-34(31)41(35)28-11-3-2-4-12-28/h2-23,40H,1H3. The van der Waals surface area contributed by atoms with E-state index in [2.05, 4.69) is 126 Å². The Hall–Kier alpha value is -5.09. The fraction of sp³-hybridized carbons (Fsp3) is 0.0270. The number of benzene rings is 6. The van der Waals surface area contributed by atoms with E-state index in [-0.39, 0.29) is 12.5 Å². The third-order valence-corrected chi connectivity index (χ3v) is 8.47. The van der Waals surface area contributed by atoms with Crippen molar-refractivity contribution >= 4 is 51.5 Å². The summed E-state index contributed by atoms with van der Waals surface area (Å²) in [5.74, 6) is -0.233. The first-order valence-corrected chi connectivity index (χ1v) is 14.0. The van der Waals surface area contributed by atoms with Gasteiger partial charge in [0.25, 0.3) is 6.71 Å². The first-order chi connectivity index (χ1) is 20.2. The molecule has 0 aliphatic carbocycles. The van der Waals surface area contributed by atoms with Crippen LogP contribution in [0.4, 0.5) is 32.8 Å². The van der Waals surface area contributed by atoms with Crippen molar-refractivity contribution in [3.8, 4) is 22.3 Å². The lowest BCUT2D eigenvalue weighted by Gasteiger charge is -2.41. The third kappa shape index (κ3) is 3.71. The Balaban J connectivity index is 1.44. The molecule has 0 spiro atoms. The number of aryl methyl sites for hydroxylation is 1. The first-order valence-electron chi connectivity index (χ1n) is 14.0. The Morgan fingerprint density at radius 1 is 0.610 bits per heavy atom. The molecule has 8 rings (SSSR count). The second kappa shape index (κ2) is 9.24. The summed E-state index contributed by atoms with van der Waals surface area (Å²) in [5, 5.41) is 3.90. The minimum atomic E-state index is -0.233. The predicted octanol–water partition coefficient (Wildman–Crippen LogP) is 7.82. The molecule has 2 nitrogen and oxygen atoms in total. The Morgan fingerprint density at radius 2 is 1.32 bits per heavy atom. The highest BCUT2D eigenvalue weighted by Gasteiger charge is 2.41. The summed E-state index contributed by atoms with van der Waals surface area (Å²) >= 11 is 0. The first kappa shape index (κ1) is 23.8. The number of hydrogen-bond donors (Lipinski definition) is 1. The maximum absolute atomic E-state index is 13.9. The van der Waals surface area contributed by atoms with Crippen LogP contribution in [0.15, 0.2) is 133 Å². The van der Waals surface area contributed by atoms with Crippen LogP contribution in [0.3, 0.4) is 0 Å². The molecule has 2 aliphatic heterocycles. The molecule has 0 amide bonds. The normalized spacial score (nSPS) is 12.7. The van der Waals surface area contributed by atoms with Crippen LogP contribution in [-0.2, 0) is 0 Å². The lowest BCUT2D eigenvalue weighted by atomic mass is 9.33. The van der Waals surface area contributed by atoms with Crippen molar-refractivity contribution in [2.24, 2.45) is 0 Å². The average Bonchev–Trinajstić information content (AvgIpc) is 3.01. The second-order valence-electron chi connectivity index (χ2n) is 10.8. The molecule has 6 aromatic rings. The summed E-state index contributed by atoms with van der Waals surface area (Å²) in [5.41, 5.74) is 15.1. The molecular weight excluding hydrogens is 502 g/mol. The van der Waals surface area contributed by atoms with Gasteiger partial charge >= 0.3 is 0 Å². The number of hydrogen-bond acceptors (Lipinski definition) is 2. The maximum Gasteiger partial charge on any atom is 0.252 e. The zero-order chi connectivity index (χ0) is 27.5. The quantitative estimate of drug-likeness (QED) is 0.235. The van der Waals surface area contributed by atoms with Crippen molar-refractivity contribution in [1.29, 1.82) is 0 Å². The van der Waals surface area contributed by atoms with Gasteiger partial charge in [0.05, 0.1) is 0 Å². The van der Waals surface area contributed by atoms with Gasteiger partial charge in [0.15, 0.2) is 0 Å². The molecule has 194 valence electrons. The smallest absolute Gasteiger partial charge is 0.252 e. The van der Waals surface area contributed by atoms with E-state index in [0.29, 0.717) is 0 Å². The van der Waals surface area contributed by atoms with Gasteiger partial charge in [-0.05, 0) is 88.0 Å². The van der Waals surface area contributed by atoms with Gasteiger partial charge in [-0.15, -0.1) is 0 Å². The van der Waals surface area contributed by atoms with Crippen LogP contribution in [0, 0.1) is 12.7 Å². The molecule has 0 saturated heterocycles. The molecular formula is C37H26BFN2. The van der Waals surface area contributed by atoms with Gasteiger partial charge in [-0.2, -0.15) is 0 Å². The zero-order valence-electron chi connectivity index (χ0n) is 22.6. The van der Waals surface area contributed by atoms with Gasteiger partial charge in [0.2, 0.25) is 0 Å². The number of nitrogens with one attached hydrogen (secondary N) is 1. The topological polar surface area (TPSA) is 15.3 Å². The molecule has 0 aromatic heterocycles. The lowest BCUT2D eigenvalue weighted by molar-refractivity contribution is 0.628. The van der Waals surface area contributed by atoms with Gasteiger partial charge in [-0.1, -0.05) is 91.0 Å². The molecule has 2 aliphatic rings. The molecule has 4 heteroatoms. The molecule has 1 N–H and O–H groups in total. The molecule has 0 fully saturated rings. The minimum Gasteiger partial charge on any atom is -0.356 e. The van der Waals surface area contributed by atoms with Crippen LogP contribution in [0.2, 0.25) is 0 Å². The molecule has 0 unspecified atom stereocenters. The highest BCUT2D eigenvalue weighted by atomic mass is 19.1. The summed E-state index contributed by atoms with van der Waals surface area (Å²) < 4.78 is 13.9. The minimum absolute atomic E-state index is 0.0682. The fourth-order valence-corrected chi connectivity index (χ4v) is 6.62. The van der Waals surface area contributed by atoms with Crippen molar-refractivity contribution < 1.29 is 4.39 Å². The molecule has 0 atom stereocenters. The van der Waals surface area contributed by atoms with E-state index < -0.39 is 0 Å². The monoisotopic (exact) mass is 528 g/mol. The van der Waals surface area contributed by atoms with Crippen LogP contribution >= 0.6 is 0 Å². The van der Waals surface area contributed by atoms with Crippen molar-refractivity contribution in [3.05, 3.63) is 145 Å². The largest absolute Gasteiger partial charge is 0.356 e. The summed E-state index contributed by atoms with van der Waals surface area (Å²) in [6.07, 6.45) is 0. The Labute approximate surface area is 239 Å². The number of nitrogens with zero attached hydrogens (tertiary/aromatic N) is 1. The van der Waals surface area contributed by atoms with Gasteiger partial charge in [0, 0.05) is 34.0 Å². The molecule has 41 heavy (non-hydrogen) atoms. The van der Waals surface area contributed by atoms with Crippen LogP contribution < -0.4 is 26.6 Å². The molecule has 6 aromatic carbocycles. The molecule has 2 heterocycles. The highest BCUT2D eigenvalue weighted by Crippen LogP contribution is 2.43. The number of para-hydroxylation sites is 3. The summed E-state index contributed by atoms with van der Waals surface area (Å²) in [4.78, 5) is 2.37. The van der Waals surface area contributed by atoms with E-state index in [9.17, 15) is 4.39 Å². The van der Waals surface area contributed by atoms with Crippen LogP contribution in [0.1, 0.15) is 5.56 Å². The van der Waals surface area contributed by atoms with E-state index in [1.807, 2.05) is 12.1 Å². The summed E-state index contributed by atoms with van der Waals surface area (Å²) in [6.45, 7) is 2.24. The van der Waals surface area contributed by atoms with E-state index in [4.69, 9.17) is 0 Å². The molecule has 0 saturated carbocycles. The van der Waals surface area contributed by atoms with Crippen molar-refractivity contribution in [2.45, 2.75) is 6.92 Å². The van der Waals surface area contributed by atoms with Crippen LogP contribution in [0.5, 0.6) is 0 Å². The fourth-order valence-electron chi connectivity index (χ4n) is 6.62. The SMILES string of the molecule is Cc1ccccc1-c1cccc2c1Nc1cc(-c3ccc(F)cc3)cc3c1B2c1ccccc1N3c1ccccc1. The van der Waals surface area contributed by atoms with Crippen molar-refractivity contribution in [1.82, 2.24) is 0 Å². The summed E-state index contributed by atoms with van der Waals surface area (Å²) in [6, 6.07) is 45.8. The third-order valence-electron chi connectivity index (χ3n) is 8.47. The molecule has 0 bridgehead atoms. The number of halogens is 1. The van der Waals surface area contributed by atoms with Gasteiger partial charge in [-0.25, -0.2) is 4.39 Å². The maximum atomic E-state index is 13.9. The number of fused-ring (bicyclic) bond motifs is 4. The Morgan fingerprint density at radius 3 is 2.15 bits per heavy atom. The van der Waals surface area contributed by atoms with E-state index >= 15 is 0 Å². The number of anilines is 5. The molecule has 0 radical (unpaired) electrons. The van der Waals surface area contributed by atoms with Crippen molar-refractivity contribution in [3.63, 3.8) is 0 Å². The van der Waals surface area contributed by atoms with Crippen LogP contribution in [0.25, 0.3) is 22.3 Å². The Bertz CT molecular complexity index is 1950. The summed E-state index contributed by atoms with van der Waals surface area (Å²) in [7, 11) is 0.